The predicted molar refractivity (Wildman–Crippen MR) is 91.5 cm³/mol. The molecule has 7 nitrogen and oxygen atoms in total. The van der Waals surface area contributed by atoms with Crippen LogP contribution in [0.4, 0.5) is 16.0 Å². The van der Waals surface area contributed by atoms with Gasteiger partial charge in [0, 0.05) is 24.4 Å². The molecule has 4 rings (SSSR count). The molecule has 10 heteroatoms. The molecule has 122 valence electrons. The summed E-state index contributed by atoms with van der Waals surface area (Å²) in [4.78, 5) is 20.0. The summed E-state index contributed by atoms with van der Waals surface area (Å²) in [6.07, 6.45) is 2.20. The quantitative estimate of drug-likeness (QED) is 0.431. The molecule has 0 radical (unpaired) electrons. The average molecular weight is 363 g/mol. The molecule has 3 heterocycles. The summed E-state index contributed by atoms with van der Waals surface area (Å²) in [7, 11) is 0. The number of aromatic nitrogens is 3. The van der Waals surface area contributed by atoms with Crippen molar-refractivity contribution in [3.63, 3.8) is 0 Å². The number of rotatable bonds is 5. The van der Waals surface area contributed by atoms with Crippen molar-refractivity contribution in [1.29, 1.82) is 0 Å². The summed E-state index contributed by atoms with van der Waals surface area (Å²) < 4.78 is 15.6. The van der Waals surface area contributed by atoms with Gasteiger partial charge in [0.25, 0.3) is 4.96 Å². The van der Waals surface area contributed by atoms with Crippen LogP contribution in [0.15, 0.2) is 29.8 Å². The third-order valence-electron chi connectivity index (χ3n) is 3.44. The number of benzene rings is 1. The maximum absolute atomic E-state index is 13.2. The van der Waals surface area contributed by atoms with Crippen LogP contribution in [0.25, 0.3) is 15.2 Å². The topological polar surface area (TPSA) is 85.4 Å². The highest BCUT2D eigenvalue weighted by Crippen LogP contribution is 2.28. The fourth-order valence-corrected chi connectivity index (χ4v) is 4.07. The van der Waals surface area contributed by atoms with Crippen LogP contribution in [-0.4, -0.2) is 25.8 Å². The first-order valence-corrected chi connectivity index (χ1v) is 8.70. The van der Waals surface area contributed by atoms with Crippen LogP contribution in [-0.2, 0) is 6.42 Å². The fourth-order valence-electron chi connectivity index (χ4n) is 2.41. The van der Waals surface area contributed by atoms with E-state index in [0.717, 1.165) is 9.71 Å². The number of nitrogens with one attached hydrogen (secondary N) is 1. The van der Waals surface area contributed by atoms with Gasteiger partial charge in [-0.2, -0.15) is 9.38 Å². The van der Waals surface area contributed by atoms with Gasteiger partial charge in [-0.3, -0.25) is 0 Å². The van der Waals surface area contributed by atoms with Gasteiger partial charge in [-0.15, -0.1) is 11.3 Å². The Hall–Kier alpha value is -2.59. The van der Waals surface area contributed by atoms with Gasteiger partial charge in [0.15, 0.2) is 0 Å². The normalized spacial score (nSPS) is 11.4. The number of halogens is 1. The summed E-state index contributed by atoms with van der Waals surface area (Å²) >= 11 is 2.82. The molecule has 3 aromatic heterocycles. The molecular weight excluding hydrogens is 353 g/mol. The third-order valence-corrected chi connectivity index (χ3v) is 5.29. The second kappa shape index (κ2) is 5.80. The first kappa shape index (κ1) is 15.0. The van der Waals surface area contributed by atoms with Crippen molar-refractivity contribution < 1.29 is 9.31 Å². The van der Waals surface area contributed by atoms with Crippen LogP contribution in [0, 0.1) is 15.9 Å². The number of anilines is 1. The Kier molecular flexibility index (Phi) is 3.62. The molecule has 0 bridgehead atoms. The zero-order valence-corrected chi connectivity index (χ0v) is 13.7. The van der Waals surface area contributed by atoms with E-state index in [2.05, 4.69) is 15.3 Å². The summed E-state index contributed by atoms with van der Waals surface area (Å²) in [5, 5.41) is 16.8. The molecule has 1 aromatic carbocycles. The van der Waals surface area contributed by atoms with Crippen molar-refractivity contribution >= 4 is 49.5 Å². The Bertz CT molecular complexity index is 1050. The SMILES string of the molecule is O=[N+]([O-])c1c(NCCc2nc3cc(F)ccc3s2)nc2sccn12. The van der Waals surface area contributed by atoms with E-state index in [1.807, 2.05) is 0 Å². The Labute approximate surface area is 142 Å². The van der Waals surface area contributed by atoms with Crippen LogP contribution >= 0.6 is 22.7 Å². The molecule has 4 aromatic rings. The molecule has 0 amide bonds. The molecule has 0 unspecified atom stereocenters. The molecule has 0 atom stereocenters. The number of hydrogen-bond donors (Lipinski definition) is 1. The van der Waals surface area contributed by atoms with Gasteiger partial charge in [0.05, 0.1) is 15.2 Å². The van der Waals surface area contributed by atoms with Crippen LogP contribution < -0.4 is 5.32 Å². The van der Waals surface area contributed by atoms with E-state index in [1.54, 1.807) is 17.6 Å². The molecule has 0 spiro atoms. The van der Waals surface area contributed by atoms with E-state index in [-0.39, 0.29) is 17.5 Å². The van der Waals surface area contributed by atoms with Gasteiger partial charge in [-0.05, 0) is 17.1 Å². The largest absolute Gasteiger partial charge is 0.372 e. The maximum atomic E-state index is 13.2. The van der Waals surface area contributed by atoms with Crippen molar-refractivity contribution in [3.8, 4) is 0 Å². The molecule has 0 aliphatic rings. The number of fused-ring (bicyclic) bond motifs is 2. The average Bonchev–Trinajstić information content (AvgIpc) is 3.19. The van der Waals surface area contributed by atoms with Crippen LogP contribution in [0.1, 0.15) is 5.01 Å². The lowest BCUT2D eigenvalue weighted by Crippen LogP contribution is -2.07. The Balaban J connectivity index is 1.51. The Morgan fingerprint density at radius 2 is 2.25 bits per heavy atom. The molecule has 24 heavy (non-hydrogen) atoms. The predicted octanol–water partition coefficient (Wildman–Crippen LogP) is 3.71. The van der Waals surface area contributed by atoms with E-state index in [1.165, 1.54) is 39.2 Å². The second-order valence-electron chi connectivity index (χ2n) is 4.99. The number of nitro groups is 1. The highest BCUT2D eigenvalue weighted by atomic mass is 32.1. The summed E-state index contributed by atoms with van der Waals surface area (Å²) in [5.41, 5.74) is 0.628. The molecule has 0 aliphatic heterocycles. The van der Waals surface area contributed by atoms with Crippen molar-refractivity contribution in [3.05, 3.63) is 50.7 Å². The molecule has 1 N–H and O–H groups in total. The van der Waals surface area contributed by atoms with Gasteiger partial charge in [0.1, 0.15) is 12.0 Å². The number of nitrogens with zero attached hydrogens (tertiary/aromatic N) is 4. The maximum Gasteiger partial charge on any atom is 0.372 e. The van der Waals surface area contributed by atoms with Crippen LogP contribution in [0.2, 0.25) is 0 Å². The third kappa shape index (κ3) is 2.59. The fraction of sp³-hybridized carbons (Fsp3) is 0.143. The van der Waals surface area contributed by atoms with Gasteiger partial charge in [0.2, 0.25) is 5.82 Å². The van der Waals surface area contributed by atoms with E-state index < -0.39 is 4.92 Å². The minimum atomic E-state index is -0.449. The second-order valence-corrected chi connectivity index (χ2v) is 6.98. The van der Waals surface area contributed by atoms with Crippen molar-refractivity contribution in [2.75, 3.05) is 11.9 Å². The highest BCUT2D eigenvalue weighted by molar-refractivity contribution is 7.18. The lowest BCUT2D eigenvalue weighted by atomic mass is 10.3. The lowest BCUT2D eigenvalue weighted by Gasteiger charge is -2.01. The smallest absolute Gasteiger partial charge is 0.363 e. The highest BCUT2D eigenvalue weighted by Gasteiger charge is 2.23. The Morgan fingerprint density at radius 1 is 1.38 bits per heavy atom. The minimum Gasteiger partial charge on any atom is -0.363 e. The number of imidazole rings is 1. The first-order chi connectivity index (χ1) is 11.6. The van der Waals surface area contributed by atoms with E-state index in [0.29, 0.717) is 23.4 Å². The Morgan fingerprint density at radius 3 is 3.08 bits per heavy atom. The zero-order chi connectivity index (χ0) is 16.7. The van der Waals surface area contributed by atoms with E-state index >= 15 is 0 Å². The molecular formula is C14H10FN5O2S2. The number of hydrogen-bond acceptors (Lipinski definition) is 7. The first-order valence-electron chi connectivity index (χ1n) is 7.00. The van der Waals surface area contributed by atoms with Crippen molar-refractivity contribution in [2.24, 2.45) is 0 Å². The van der Waals surface area contributed by atoms with E-state index in [9.17, 15) is 14.5 Å². The van der Waals surface area contributed by atoms with Gasteiger partial charge >= 0.3 is 5.82 Å². The number of thiazole rings is 2. The molecule has 0 saturated carbocycles. The van der Waals surface area contributed by atoms with Crippen molar-refractivity contribution in [1.82, 2.24) is 14.4 Å². The summed E-state index contributed by atoms with van der Waals surface area (Å²) in [5.74, 6) is -0.136. The zero-order valence-electron chi connectivity index (χ0n) is 12.1. The summed E-state index contributed by atoms with van der Waals surface area (Å²) in [6.45, 7) is 0.452. The lowest BCUT2D eigenvalue weighted by molar-refractivity contribution is -0.389. The van der Waals surface area contributed by atoms with Crippen LogP contribution in [0.3, 0.4) is 0 Å². The van der Waals surface area contributed by atoms with E-state index in [4.69, 9.17) is 0 Å². The molecule has 0 fully saturated rings. The molecule has 0 aliphatic carbocycles. The monoisotopic (exact) mass is 363 g/mol. The van der Waals surface area contributed by atoms with Gasteiger partial charge in [-0.1, -0.05) is 11.3 Å². The van der Waals surface area contributed by atoms with Crippen molar-refractivity contribution in [2.45, 2.75) is 6.42 Å². The summed E-state index contributed by atoms with van der Waals surface area (Å²) in [6, 6.07) is 4.51. The van der Waals surface area contributed by atoms with Crippen LogP contribution in [0.5, 0.6) is 0 Å². The standard InChI is InChI=1S/C14H10FN5O2S2/c15-8-1-2-10-9(7-8)17-11(24-10)3-4-16-12-13(20(21)22)19-5-6-23-14(19)18-12/h1-2,5-7,16H,3-4H2. The molecule has 0 saturated heterocycles. The minimum absolute atomic E-state index is 0.0716. The van der Waals surface area contributed by atoms with Gasteiger partial charge in [-0.25, -0.2) is 9.37 Å². The van der Waals surface area contributed by atoms with Gasteiger partial charge < -0.3 is 15.4 Å².